The Morgan fingerprint density at radius 2 is 1.65 bits per heavy atom. The molecule has 2 aliphatic rings. The first-order chi connectivity index (χ1) is 8.25. The third-order valence-electron chi connectivity index (χ3n) is 4.66. The standard InChI is InChI=1S/C15H27NO/c1-12(17)16-15-10-6-5-9-14(15)11-13-7-3-2-4-8-13/h13-15H,2-11H2,1H3,(H,16,17)/t14-,15+/m0/s1. The summed E-state index contributed by atoms with van der Waals surface area (Å²) >= 11 is 0. The Hall–Kier alpha value is -0.530. The van der Waals surface area contributed by atoms with Crippen LogP contribution in [0.15, 0.2) is 0 Å². The van der Waals surface area contributed by atoms with Crippen molar-refractivity contribution in [2.24, 2.45) is 11.8 Å². The monoisotopic (exact) mass is 237 g/mol. The minimum atomic E-state index is 0.158. The minimum absolute atomic E-state index is 0.158. The second kappa shape index (κ2) is 6.42. The van der Waals surface area contributed by atoms with Crippen molar-refractivity contribution < 1.29 is 4.79 Å². The number of hydrogen-bond donors (Lipinski definition) is 1. The quantitative estimate of drug-likeness (QED) is 0.797. The molecule has 0 aromatic rings. The summed E-state index contributed by atoms with van der Waals surface area (Å²) in [6.45, 7) is 1.66. The van der Waals surface area contributed by atoms with E-state index in [4.69, 9.17) is 0 Å². The van der Waals surface area contributed by atoms with E-state index in [1.54, 1.807) is 6.92 Å². The van der Waals surface area contributed by atoms with Crippen molar-refractivity contribution in [1.82, 2.24) is 5.32 Å². The van der Waals surface area contributed by atoms with Gasteiger partial charge in [0.2, 0.25) is 5.91 Å². The first-order valence-corrected chi connectivity index (χ1v) is 7.53. The van der Waals surface area contributed by atoms with Gasteiger partial charge in [-0.05, 0) is 31.1 Å². The molecule has 0 aromatic heterocycles. The van der Waals surface area contributed by atoms with Gasteiger partial charge < -0.3 is 5.32 Å². The fraction of sp³-hybridized carbons (Fsp3) is 0.933. The second-order valence-electron chi connectivity index (χ2n) is 6.09. The molecule has 2 fully saturated rings. The van der Waals surface area contributed by atoms with Crippen molar-refractivity contribution in [1.29, 1.82) is 0 Å². The first-order valence-electron chi connectivity index (χ1n) is 7.53. The van der Waals surface area contributed by atoms with Gasteiger partial charge in [0.15, 0.2) is 0 Å². The molecular weight excluding hydrogens is 210 g/mol. The van der Waals surface area contributed by atoms with Gasteiger partial charge in [0.1, 0.15) is 0 Å². The van der Waals surface area contributed by atoms with E-state index in [1.165, 1.54) is 64.2 Å². The molecule has 17 heavy (non-hydrogen) atoms. The van der Waals surface area contributed by atoms with E-state index in [0.717, 1.165) is 11.8 Å². The zero-order valence-corrected chi connectivity index (χ0v) is 11.2. The number of amides is 1. The highest BCUT2D eigenvalue weighted by molar-refractivity contribution is 5.73. The van der Waals surface area contributed by atoms with Crippen molar-refractivity contribution in [3.8, 4) is 0 Å². The van der Waals surface area contributed by atoms with E-state index in [9.17, 15) is 4.79 Å². The van der Waals surface area contributed by atoms with Crippen LogP contribution in [0.3, 0.4) is 0 Å². The normalized spacial score (nSPS) is 31.1. The van der Waals surface area contributed by atoms with Gasteiger partial charge in [0.05, 0.1) is 0 Å². The zero-order valence-electron chi connectivity index (χ0n) is 11.2. The molecular formula is C15H27NO. The van der Waals surface area contributed by atoms with Crippen LogP contribution < -0.4 is 5.32 Å². The lowest BCUT2D eigenvalue weighted by molar-refractivity contribution is -0.120. The molecule has 0 unspecified atom stereocenters. The van der Waals surface area contributed by atoms with Crippen LogP contribution in [0.25, 0.3) is 0 Å². The molecule has 2 heteroatoms. The lowest BCUT2D eigenvalue weighted by Crippen LogP contribution is -2.41. The summed E-state index contributed by atoms with van der Waals surface area (Å²) in [7, 11) is 0. The van der Waals surface area contributed by atoms with E-state index in [2.05, 4.69) is 5.32 Å². The van der Waals surface area contributed by atoms with Gasteiger partial charge in [0, 0.05) is 13.0 Å². The Balaban J connectivity index is 1.84. The van der Waals surface area contributed by atoms with Gasteiger partial charge in [-0.1, -0.05) is 44.9 Å². The van der Waals surface area contributed by atoms with Gasteiger partial charge in [-0.3, -0.25) is 4.79 Å². The van der Waals surface area contributed by atoms with Crippen LogP contribution in [0.1, 0.15) is 71.1 Å². The molecule has 0 spiro atoms. The van der Waals surface area contributed by atoms with Crippen LogP contribution in [0, 0.1) is 11.8 Å². The minimum Gasteiger partial charge on any atom is -0.353 e. The molecule has 2 nitrogen and oxygen atoms in total. The molecule has 0 bridgehead atoms. The average molecular weight is 237 g/mol. The molecule has 0 radical (unpaired) electrons. The number of rotatable bonds is 3. The Bertz CT molecular complexity index is 245. The maximum Gasteiger partial charge on any atom is 0.217 e. The van der Waals surface area contributed by atoms with Crippen LogP contribution in [-0.2, 0) is 4.79 Å². The van der Waals surface area contributed by atoms with Gasteiger partial charge in [0.25, 0.3) is 0 Å². The maximum absolute atomic E-state index is 11.2. The van der Waals surface area contributed by atoms with Crippen LogP contribution >= 0.6 is 0 Å². The molecule has 0 heterocycles. The number of carbonyl (C=O) groups is 1. The summed E-state index contributed by atoms with van der Waals surface area (Å²) < 4.78 is 0. The summed E-state index contributed by atoms with van der Waals surface area (Å²) in [6.07, 6.45) is 13.7. The lowest BCUT2D eigenvalue weighted by atomic mass is 9.75. The van der Waals surface area contributed by atoms with Crippen molar-refractivity contribution >= 4 is 5.91 Å². The predicted octanol–water partition coefficient (Wildman–Crippen LogP) is 3.65. The summed E-state index contributed by atoms with van der Waals surface area (Å²) in [5.74, 6) is 1.87. The zero-order chi connectivity index (χ0) is 12.1. The Labute approximate surface area is 106 Å². The summed E-state index contributed by atoms with van der Waals surface area (Å²) in [5, 5.41) is 3.18. The summed E-state index contributed by atoms with van der Waals surface area (Å²) in [5.41, 5.74) is 0. The molecule has 0 aromatic carbocycles. The number of carbonyl (C=O) groups excluding carboxylic acids is 1. The highest BCUT2D eigenvalue weighted by atomic mass is 16.1. The van der Waals surface area contributed by atoms with Gasteiger partial charge in [-0.25, -0.2) is 0 Å². The molecule has 98 valence electrons. The van der Waals surface area contributed by atoms with Crippen molar-refractivity contribution in [3.63, 3.8) is 0 Å². The van der Waals surface area contributed by atoms with E-state index in [0.29, 0.717) is 6.04 Å². The molecule has 2 rings (SSSR count). The van der Waals surface area contributed by atoms with E-state index in [-0.39, 0.29) is 5.91 Å². The number of nitrogens with one attached hydrogen (secondary N) is 1. The Morgan fingerprint density at radius 1 is 1.00 bits per heavy atom. The van der Waals surface area contributed by atoms with Crippen LogP contribution in [0.4, 0.5) is 0 Å². The third kappa shape index (κ3) is 4.01. The Kier molecular flexibility index (Phi) is 4.87. The molecule has 1 N–H and O–H groups in total. The Morgan fingerprint density at radius 3 is 2.35 bits per heavy atom. The molecule has 2 atom stereocenters. The van der Waals surface area contributed by atoms with E-state index < -0.39 is 0 Å². The van der Waals surface area contributed by atoms with Crippen LogP contribution in [0.2, 0.25) is 0 Å². The van der Waals surface area contributed by atoms with Crippen LogP contribution in [-0.4, -0.2) is 11.9 Å². The third-order valence-corrected chi connectivity index (χ3v) is 4.66. The molecule has 1 amide bonds. The summed E-state index contributed by atoms with van der Waals surface area (Å²) in [4.78, 5) is 11.2. The molecule has 2 saturated carbocycles. The average Bonchev–Trinajstić information content (AvgIpc) is 2.32. The molecule has 0 saturated heterocycles. The van der Waals surface area contributed by atoms with Crippen LogP contribution in [0.5, 0.6) is 0 Å². The highest BCUT2D eigenvalue weighted by Gasteiger charge is 2.28. The second-order valence-corrected chi connectivity index (χ2v) is 6.09. The predicted molar refractivity (Wildman–Crippen MR) is 70.8 cm³/mol. The smallest absolute Gasteiger partial charge is 0.217 e. The van der Waals surface area contributed by atoms with Crippen molar-refractivity contribution in [2.75, 3.05) is 0 Å². The number of hydrogen-bond acceptors (Lipinski definition) is 1. The fourth-order valence-corrected chi connectivity index (χ4v) is 3.79. The van der Waals surface area contributed by atoms with Crippen molar-refractivity contribution in [2.45, 2.75) is 77.2 Å². The SMILES string of the molecule is CC(=O)N[C@@H]1CCCC[C@H]1CC1CCCCC1. The van der Waals surface area contributed by atoms with Gasteiger partial charge in [-0.15, -0.1) is 0 Å². The van der Waals surface area contributed by atoms with Gasteiger partial charge in [-0.2, -0.15) is 0 Å². The largest absolute Gasteiger partial charge is 0.353 e. The maximum atomic E-state index is 11.2. The van der Waals surface area contributed by atoms with E-state index >= 15 is 0 Å². The molecule has 2 aliphatic carbocycles. The summed E-state index contributed by atoms with van der Waals surface area (Å²) in [6, 6.07) is 0.475. The molecule has 0 aliphatic heterocycles. The van der Waals surface area contributed by atoms with Gasteiger partial charge >= 0.3 is 0 Å². The lowest BCUT2D eigenvalue weighted by Gasteiger charge is -2.35. The van der Waals surface area contributed by atoms with E-state index in [1.807, 2.05) is 0 Å². The topological polar surface area (TPSA) is 29.1 Å². The van der Waals surface area contributed by atoms with Crippen molar-refractivity contribution in [3.05, 3.63) is 0 Å². The fourth-order valence-electron chi connectivity index (χ4n) is 3.79. The first kappa shape index (κ1) is 12.9. The highest BCUT2D eigenvalue weighted by Crippen LogP contribution is 2.35.